The molecule has 5 nitrogen and oxygen atoms in total. The zero-order valence-corrected chi connectivity index (χ0v) is 12.3. The highest BCUT2D eigenvalue weighted by Gasteiger charge is 2.59. The summed E-state index contributed by atoms with van der Waals surface area (Å²) in [5, 5.41) is 12.4. The van der Waals surface area contributed by atoms with E-state index >= 15 is 0 Å². The number of rotatable bonds is 4. The Kier molecular flexibility index (Phi) is 4.06. The Bertz CT molecular complexity index is 344. The molecule has 19 heavy (non-hydrogen) atoms. The monoisotopic (exact) mass is 270 g/mol. The van der Waals surface area contributed by atoms with E-state index in [2.05, 4.69) is 19.2 Å². The van der Waals surface area contributed by atoms with Gasteiger partial charge in [0.15, 0.2) is 0 Å². The maximum absolute atomic E-state index is 12.1. The molecule has 1 saturated carbocycles. The molecule has 1 aliphatic heterocycles. The number of aliphatic hydroxyl groups excluding tert-OH is 1. The fraction of sp³-hybridized carbons (Fsp3) is 0.929. The average molecular weight is 270 g/mol. The van der Waals surface area contributed by atoms with E-state index in [1.54, 1.807) is 18.9 Å². The lowest BCUT2D eigenvalue weighted by molar-refractivity contribution is -0.109. The summed E-state index contributed by atoms with van der Waals surface area (Å²) in [5.74, 6) is 0.462. The topological polar surface area (TPSA) is 61.8 Å². The molecule has 2 amide bonds. The number of carbonyl (C=O) groups excluding carboxylic acids is 1. The molecule has 0 aromatic rings. The standard InChI is InChI=1S/C14H26N2O3/c1-9(17)5-7-16(4)13(18)15-11-10-6-8-19-12(10)14(11,2)3/h9-12,17H,5-8H2,1-4H3,(H,15,18). The minimum Gasteiger partial charge on any atom is -0.393 e. The summed E-state index contributed by atoms with van der Waals surface area (Å²) in [6.07, 6.45) is 1.56. The Morgan fingerprint density at radius 2 is 2.26 bits per heavy atom. The maximum atomic E-state index is 12.1. The third kappa shape index (κ3) is 2.72. The van der Waals surface area contributed by atoms with Crippen LogP contribution in [0.1, 0.15) is 33.6 Å². The zero-order valence-electron chi connectivity index (χ0n) is 12.3. The molecule has 1 aliphatic carbocycles. The van der Waals surface area contributed by atoms with Crippen LogP contribution in [0, 0.1) is 11.3 Å². The van der Waals surface area contributed by atoms with Crippen LogP contribution in [0.5, 0.6) is 0 Å². The zero-order chi connectivity index (χ0) is 14.2. The highest BCUT2D eigenvalue weighted by molar-refractivity contribution is 5.74. The van der Waals surface area contributed by atoms with Crippen LogP contribution < -0.4 is 5.32 Å². The van der Waals surface area contributed by atoms with Crippen molar-refractivity contribution in [2.75, 3.05) is 20.2 Å². The Hall–Kier alpha value is -0.810. The van der Waals surface area contributed by atoms with Crippen LogP contribution in [0.15, 0.2) is 0 Å². The van der Waals surface area contributed by atoms with Gasteiger partial charge in [0.05, 0.1) is 12.2 Å². The summed E-state index contributed by atoms with van der Waals surface area (Å²) in [5.41, 5.74) is 0.0158. The summed E-state index contributed by atoms with van der Waals surface area (Å²) >= 11 is 0. The summed E-state index contributed by atoms with van der Waals surface area (Å²) in [4.78, 5) is 13.8. The van der Waals surface area contributed by atoms with Crippen LogP contribution in [0.3, 0.4) is 0 Å². The van der Waals surface area contributed by atoms with Crippen LogP contribution in [0.25, 0.3) is 0 Å². The molecule has 2 N–H and O–H groups in total. The number of hydrogen-bond acceptors (Lipinski definition) is 3. The molecule has 2 rings (SSSR count). The minimum atomic E-state index is -0.372. The first-order valence-corrected chi connectivity index (χ1v) is 7.15. The largest absolute Gasteiger partial charge is 0.393 e. The number of aliphatic hydroxyl groups is 1. The molecular weight excluding hydrogens is 244 g/mol. The van der Waals surface area contributed by atoms with E-state index in [9.17, 15) is 9.90 Å². The van der Waals surface area contributed by atoms with Crippen molar-refractivity contribution in [2.45, 2.75) is 51.9 Å². The van der Waals surface area contributed by atoms with Crippen molar-refractivity contribution in [3.63, 3.8) is 0 Å². The summed E-state index contributed by atoms with van der Waals surface area (Å²) < 4.78 is 5.72. The highest BCUT2D eigenvalue weighted by atomic mass is 16.5. The molecule has 4 unspecified atom stereocenters. The molecule has 5 heteroatoms. The number of urea groups is 1. The van der Waals surface area contributed by atoms with Crippen molar-refractivity contribution in [1.29, 1.82) is 0 Å². The lowest BCUT2D eigenvalue weighted by Gasteiger charge is -2.54. The third-order valence-corrected chi connectivity index (χ3v) is 4.61. The molecule has 0 spiro atoms. The first-order chi connectivity index (χ1) is 8.84. The smallest absolute Gasteiger partial charge is 0.317 e. The SMILES string of the molecule is CC(O)CCN(C)C(=O)NC1C2CCOC2C1(C)C. The van der Waals surface area contributed by atoms with E-state index < -0.39 is 0 Å². The predicted molar refractivity (Wildman–Crippen MR) is 72.9 cm³/mol. The van der Waals surface area contributed by atoms with Gasteiger partial charge in [-0.2, -0.15) is 0 Å². The third-order valence-electron chi connectivity index (χ3n) is 4.61. The maximum Gasteiger partial charge on any atom is 0.317 e. The molecular formula is C14H26N2O3. The number of nitrogens with zero attached hydrogens (tertiary/aromatic N) is 1. The van der Waals surface area contributed by atoms with Crippen molar-refractivity contribution < 1.29 is 14.6 Å². The van der Waals surface area contributed by atoms with Gasteiger partial charge in [-0.3, -0.25) is 0 Å². The number of amides is 2. The van der Waals surface area contributed by atoms with Crippen molar-refractivity contribution in [1.82, 2.24) is 10.2 Å². The Balaban J connectivity index is 1.85. The Labute approximate surface area is 115 Å². The molecule has 1 saturated heterocycles. The predicted octanol–water partition coefficient (Wildman–Crippen LogP) is 1.21. The van der Waals surface area contributed by atoms with Crippen LogP contribution in [0.2, 0.25) is 0 Å². The molecule has 0 aromatic heterocycles. The highest BCUT2D eigenvalue weighted by Crippen LogP contribution is 2.52. The van der Waals surface area contributed by atoms with Gasteiger partial charge in [-0.15, -0.1) is 0 Å². The van der Waals surface area contributed by atoms with Gasteiger partial charge in [0.25, 0.3) is 0 Å². The Morgan fingerprint density at radius 1 is 1.58 bits per heavy atom. The lowest BCUT2D eigenvalue weighted by atomic mass is 9.57. The average Bonchev–Trinajstić information content (AvgIpc) is 2.79. The summed E-state index contributed by atoms with van der Waals surface area (Å²) in [6, 6.07) is 0.144. The van der Waals surface area contributed by atoms with Gasteiger partial charge in [-0.25, -0.2) is 4.79 Å². The van der Waals surface area contributed by atoms with Crippen molar-refractivity contribution >= 4 is 6.03 Å². The normalized spacial score (nSPS) is 33.2. The molecule has 0 bridgehead atoms. The van der Waals surface area contributed by atoms with Crippen molar-refractivity contribution in [2.24, 2.45) is 11.3 Å². The van der Waals surface area contributed by atoms with Crippen LogP contribution in [-0.4, -0.2) is 54.5 Å². The summed E-state index contributed by atoms with van der Waals surface area (Å²) in [6.45, 7) is 7.42. The van der Waals surface area contributed by atoms with Gasteiger partial charge in [0, 0.05) is 37.6 Å². The molecule has 2 aliphatic rings. The second kappa shape index (κ2) is 5.29. The Morgan fingerprint density at radius 3 is 2.89 bits per heavy atom. The number of nitrogens with one attached hydrogen (secondary N) is 1. The van der Waals surface area contributed by atoms with Gasteiger partial charge in [0.2, 0.25) is 0 Å². The van der Waals surface area contributed by atoms with Gasteiger partial charge in [-0.05, 0) is 19.8 Å². The minimum absolute atomic E-state index is 0.0158. The van der Waals surface area contributed by atoms with Gasteiger partial charge in [-0.1, -0.05) is 13.8 Å². The molecule has 0 radical (unpaired) electrons. The van der Waals surface area contributed by atoms with Crippen LogP contribution >= 0.6 is 0 Å². The number of ether oxygens (including phenoxy) is 1. The fourth-order valence-electron chi connectivity index (χ4n) is 3.34. The second-order valence-electron chi connectivity index (χ2n) is 6.55. The molecule has 1 heterocycles. The fourth-order valence-corrected chi connectivity index (χ4v) is 3.34. The molecule has 2 fully saturated rings. The quantitative estimate of drug-likeness (QED) is 0.807. The second-order valence-corrected chi connectivity index (χ2v) is 6.55. The molecule has 0 aromatic carbocycles. The van der Waals surface area contributed by atoms with Gasteiger partial charge in [0.1, 0.15) is 0 Å². The first kappa shape index (κ1) is 14.6. The molecule has 110 valence electrons. The van der Waals surface area contributed by atoms with E-state index in [-0.39, 0.29) is 23.6 Å². The van der Waals surface area contributed by atoms with Crippen LogP contribution in [-0.2, 0) is 4.74 Å². The summed E-state index contributed by atoms with van der Waals surface area (Å²) in [7, 11) is 1.77. The van der Waals surface area contributed by atoms with Crippen LogP contribution in [0.4, 0.5) is 4.79 Å². The van der Waals surface area contributed by atoms with E-state index in [1.165, 1.54) is 0 Å². The van der Waals surface area contributed by atoms with E-state index in [0.717, 1.165) is 13.0 Å². The van der Waals surface area contributed by atoms with E-state index in [0.29, 0.717) is 25.0 Å². The van der Waals surface area contributed by atoms with E-state index in [4.69, 9.17) is 4.74 Å². The number of fused-ring (bicyclic) bond motifs is 1. The van der Waals surface area contributed by atoms with E-state index in [1.807, 2.05) is 0 Å². The van der Waals surface area contributed by atoms with Crippen molar-refractivity contribution in [3.05, 3.63) is 0 Å². The van der Waals surface area contributed by atoms with Crippen molar-refractivity contribution in [3.8, 4) is 0 Å². The van der Waals surface area contributed by atoms with Gasteiger partial charge < -0.3 is 20.1 Å². The lowest BCUT2D eigenvalue weighted by Crippen LogP contribution is -2.67. The number of carbonyl (C=O) groups is 1. The molecule has 4 atom stereocenters. The number of hydrogen-bond donors (Lipinski definition) is 2. The van der Waals surface area contributed by atoms with Gasteiger partial charge >= 0.3 is 6.03 Å². The first-order valence-electron chi connectivity index (χ1n) is 7.15.